The highest BCUT2D eigenvalue weighted by molar-refractivity contribution is 5.94. The highest BCUT2D eigenvalue weighted by Gasteiger charge is 2.59. The fourth-order valence-electron chi connectivity index (χ4n) is 3.51. The van der Waals surface area contributed by atoms with Crippen molar-refractivity contribution in [2.24, 2.45) is 11.3 Å². The molecule has 0 N–H and O–H groups in total. The van der Waals surface area contributed by atoms with E-state index in [1.807, 2.05) is 29.2 Å². The number of piperidine rings is 1. The van der Waals surface area contributed by atoms with Gasteiger partial charge in [0, 0.05) is 18.7 Å². The molecule has 6 heteroatoms. The quantitative estimate of drug-likeness (QED) is 0.857. The number of aromatic nitrogens is 4. The van der Waals surface area contributed by atoms with E-state index in [9.17, 15) is 4.79 Å². The summed E-state index contributed by atoms with van der Waals surface area (Å²) < 4.78 is 1.57. The number of benzene rings is 1. The first-order chi connectivity index (χ1) is 10.2. The third kappa shape index (κ3) is 1.93. The number of carbonyl (C=O) groups excluding carboxylic acids is 1. The molecule has 2 heterocycles. The van der Waals surface area contributed by atoms with Crippen molar-refractivity contribution < 1.29 is 4.79 Å². The van der Waals surface area contributed by atoms with E-state index < -0.39 is 0 Å². The van der Waals surface area contributed by atoms with Crippen LogP contribution in [0.3, 0.4) is 0 Å². The Labute approximate surface area is 122 Å². The zero-order valence-corrected chi connectivity index (χ0v) is 11.9. The molecule has 1 saturated carbocycles. The van der Waals surface area contributed by atoms with Gasteiger partial charge in [0.2, 0.25) is 0 Å². The highest BCUT2D eigenvalue weighted by atomic mass is 16.2. The van der Waals surface area contributed by atoms with Crippen molar-refractivity contribution in [2.45, 2.75) is 19.8 Å². The van der Waals surface area contributed by atoms with Crippen molar-refractivity contribution in [3.8, 4) is 5.69 Å². The summed E-state index contributed by atoms with van der Waals surface area (Å²) in [5, 5.41) is 11.0. The molecule has 1 saturated heterocycles. The first kappa shape index (κ1) is 12.5. The average Bonchev–Trinajstić information content (AvgIpc) is 2.93. The van der Waals surface area contributed by atoms with Gasteiger partial charge in [-0.05, 0) is 58.9 Å². The van der Waals surface area contributed by atoms with E-state index >= 15 is 0 Å². The predicted molar refractivity (Wildman–Crippen MR) is 75.9 cm³/mol. The molecule has 0 spiro atoms. The van der Waals surface area contributed by atoms with Gasteiger partial charge in [-0.15, -0.1) is 5.10 Å². The molecule has 2 unspecified atom stereocenters. The maximum Gasteiger partial charge on any atom is 0.253 e. The molecule has 2 fully saturated rings. The number of likely N-dealkylation sites (tertiary alicyclic amines) is 1. The largest absolute Gasteiger partial charge is 0.338 e. The number of fused-ring (bicyclic) bond motifs is 1. The molecule has 21 heavy (non-hydrogen) atoms. The van der Waals surface area contributed by atoms with Crippen LogP contribution < -0.4 is 0 Å². The van der Waals surface area contributed by atoms with Crippen molar-refractivity contribution in [1.82, 2.24) is 25.1 Å². The van der Waals surface area contributed by atoms with Crippen LogP contribution in [-0.2, 0) is 0 Å². The number of nitrogens with zero attached hydrogens (tertiary/aromatic N) is 5. The number of rotatable bonds is 3. The number of carbonyl (C=O) groups is 1. The lowest BCUT2D eigenvalue weighted by Gasteiger charge is -2.20. The molecule has 0 bridgehead atoms. The Balaban J connectivity index is 1.51. The number of hydrogen-bond donors (Lipinski definition) is 0. The lowest BCUT2D eigenvalue weighted by molar-refractivity contribution is 0.0764. The van der Waals surface area contributed by atoms with Gasteiger partial charge in [-0.3, -0.25) is 4.79 Å². The summed E-state index contributed by atoms with van der Waals surface area (Å²) in [6.07, 6.45) is 4.01. The van der Waals surface area contributed by atoms with Gasteiger partial charge >= 0.3 is 0 Å². The topological polar surface area (TPSA) is 63.9 Å². The summed E-state index contributed by atoms with van der Waals surface area (Å²) in [5.74, 6) is 0.866. The second-order valence-corrected chi connectivity index (χ2v) is 6.10. The molecule has 2 aromatic rings. The van der Waals surface area contributed by atoms with E-state index in [1.54, 1.807) is 4.68 Å². The first-order valence-corrected chi connectivity index (χ1v) is 7.34. The molecule has 108 valence electrons. The SMILES string of the molecule is CCC12CC1CN(C(=O)c1ccc(-n3cnnn3)cc1)C2. The normalized spacial score (nSPS) is 26.7. The Hall–Kier alpha value is -2.24. The minimum Gasteiger partial charge on any atom is -0.338 e. The fourth-order valence-corrected chi connectivity index (χ4v) is 3.51. The summed E-state index contributed by atoms with van der Waals surface area (Å²) in [4.78, 5) is 14.6. The predicted octanol–water partition coefficient (Wildman–Crippen LogP) is 1.53. The Bertz CT molecular complexity index is 662. The summed E-state index contributed by atoms with van der Waals surface area (Å²) in [5.41, 5.74) is 2.02. The highest BCUT2D eigenvalue weighted by Crippen LogP contribution is 2.59. The zero-order chi connectivity index (χ0) is 14.4. The molecule has 1 aromatic carbocycles. The number of amides is 1. The maximum absolute atomic E-state index is 12.5. The van der Waals surface area contributed by atoms with Crippen molar-refractivity contribution in [2.75, 3.05) is 13.1 Å². The summed E-state index contributed by atoms with van der Waals surface area (Å²) in [6, 6.07) is 7.44. The summed E-state index contributed by atoms with van der Waals surface area (Å²) in [7, 11) is 0. The van der Waals surface area contributed by atoms with Gasteiger partial charge in [0.1, 0.15) is 6.33 Å². The van der Waals surface area contributed by atoms with E-state index in [1.165, 1.54) is 19.2 Å². The molecule has 2 atom stereocenters. The van der Waals surface area contributed by atoms with Crippen LogP contribution in [0.1, 0.15) is 30.1 Å². The van der Waals surface area contributed by atoms with Crippen molar-refractivity contribution in [1.29, 1.82) is 0 Å². The van der Waals surface area contributed by atoms with Gasteiger partial charge < -0.3 is 4.90 Å². The molecular weight excluding hydrogens is 266 g/mol. The Morgan fingerprint density at radius 2 is 2.19 bits per heavy atom. The smallest absolute Gasteiger partial charge is 0.253 e. The molecule has 1 amide bonds. The van der Waals surface area contributed by atoms with Gasteiger partial charge in [-0.25, -0.2) is 4.68 Å². The van der Waals surface area contributed by atoms with Crippen LogP contribution in [0.4, 0.5) is 0 Å². The van der Waals surface area contributed by atoms with Crippen LogP contribution in [0, 0.1) is 11.3 Å². The number of tetrazole rings is 1. The molecule has 4 rings (SSSR count). The van der Waals surface area contributed by atoms with Crippen LogP contribution in [0.2, 0.25) is 0 Å². The molecular formula is C15H17N5O. The minimum atomic E-state index is 0.137. The number of hydrogen-bond acceptors (Lipinski definition) is 4. The monoisotopic (exact) mass is 283 g/mol. The Morgan fingerprint density at radius 3 is 2.81 bits per heavy atom. The molecule has 2 aliphatic rings. The van der Waals surface area contributed by atoms with Gasteiger partial charge in [0.15, 0.2) is 0 Å². The second kappa shape index (κ2) is 4.38. The Morgan fingerprint density at radius 1 is 1.38 bits per heavy atom. The van der Waals surface area contributed by atoms with E-state index in [4.69, 9.17) is 0 Å². The van der Waals surface area contributed by atoms with Gasteiger partial charge in [-0.2, -0.15) is 0 Å². The van der Waals surface area contributed by atoms with Crippen molar-refractivity contribution >= 4 is 5.91 Å². The lowest BCUT2D eigenvalue weighted by atomic mass is 10.0. The van der Waals surface area contributed by atoms with Gasteiger partial charge in [0.05, 0.1) is 5.69 Å². The molecule has 1 aliphatic heterocycles. The van der Waals surface area contributed by atoms with E-state index in [2.05, 4.69) is 22.4 Å². The standard InChI is InChI=1S/C15H17N5O/c1-2-15-7-12(15)8-19(9-15)14(21)11-3-5-13(6-4-11)20-10-16-17-18-20/h3-6,10,12H,2,7-9H2,1H3. The molecule has 6 nitrogen and oxygen atoms in total. The van der Waals surface area contributed by atoms with E-state index in [-0.39, 0.29) is 5.91 Å². The maximum atomic E-state index is 12.5. The Kier molecular flexibility index (Phi) is 2.60. The first-order valence-electron chi connectivity index (χ1n) is 7.34. The van der Waals surface area contributed by atoms with E-state index in [0.29, 0.717) is 5.41 Å². The molecule has 0 radical (unpaired) electrons. The molecule has 1 aromatic heterocycles. The van der Waals surface area contributed by atoms with Crippen molar-refractivity contribution in [3.63, 3.8) is 0 Å². The lowest BCUT2D eigenvalue weighted by Crippen LogP contribution is -2.31. The van der Waals surface area contributed by atoms with Gasteiger partial charge in [-0.1, -0.05) is 6.92 Å². The average molecular weight is 283 g/mol. The van der Waals surface area contributed by atoms with Gasteiger partial charge in [0.25, 0.3) is 5.91 Å². The third-order valence-electron chi connectivity index (χ3n) is 5.02. The van der Waals surface area contributed by atoms with Crippen LogP contribution >= 0.6 is 0 Å². The van der Waals surface area contributed by atoms with E-state index in [0.717, 1.165) is 30.3 Å². The summed E-state index contributed by atoms with van der Waals surface area (Å²) in [6.45, 7) is 4.07. The second-order valence-electron chi connectivity index (χ2n) is 6.10. The van der Waals surface area contributed by atoms with Crippen LogP contribution in [-0.4, -0.2) is 44.1 Å². The molecule has 1 aliphatic carbocycles. The van der Waals surface area contributed by atoms with Crippen LogP contribution in [0.5, 0.6) is 0 Å². The van der Waals surface area contributed by atoms with Crippen LogP contribution in [0.25, 0.3) is 5.69 Å². The fraction of sp³-hybridized carbons (Fsp3) is 0.467. The summed E-state index contributed by atoms with van der Waals surface area (Å²) >= 11 is 0. The van der Waals surface area contributed by atoms with Crippen LogP contribution in [0.15, 0.2) is 30.6 Å². The van der Waals surface area contributed by atoms with Crippen molar-refractivity contribution in [3.05, 3.63) is 36.2 Å². The third-order valence-corrected chi connectivity index (χ3v) is 5.02. The minimum absolute atomic E-state index is 0.137. The zero-order valence-electron chi connectivity index (χ0n) is 11.9.